The number of amides is 1. The van der Waals surface area contributed by atoms with E-state index in [1.165, 1.54) is 32.1 Å². The third kappa shape index (κ3) is 8.59. The Kier molecular flexibility index (Phi) is 8.38. The Morgan fingerprint density at radius 2 is 1.87 bits per heavy atom. The van der Waals surface area contributed by atoms with E-state index < -0.39 is 5.60 Å². The third-order valence-corrected chi connectivity index (χ3v) is 4.53. The molecule has 0 aliphatic heterocycles. The van der Waals surface area contributed by atoms with Crippen molar-refractivity contribution in [2.75, 3.05) is 6.54 Å². The van der Waals surface area contributed by atoms with Gasteiger partial charge in [-0.25, -0.2) is 4.79 Å². The summed E-state index contributed by atoms with van der Waals surface area (Å²) in [6.07, 6.45) is 7.28. The average Bonchev–Trinajstić information content (AvgIpc) is 2.43. The van der Waals surface area contributed by atoms with Gasteiger partial charge in [0.2, 0.25) is 0 Å². The number of ether oxygens (including phenoxy) is 1. The summed E-state index contributed by atoms with van der Waals surface area (Å²) in [5, 5.41) is 6.78. The molecule has 0 aromatic carbocycles. The van der Waals surface area contributed by atoms with Crippen LogP contribution in [0.4, 0.5) is 4.79 Å². The van der Waals surface area contributed by atoms with Crippen molar-refractivity contribution in [3.8, 4) is 0 Å². The fourth-order valence-corrected chi connectivity index (χ4v) is 3.52. The van der Waals surface area contributed by atoms with Gasteiger partial charge in [-0.2, -0.15) is 0 Å². The molecule has 1 amide bonds. The predicted octanol–water partition coefficient (Wildman–Crippen LogP) is 4.48. The highest BCUT2D eigenvalue weighted by molar-refractivity contribution is 5.67. The Bertz CT molecular complexity index is 350. The van der Waals surface area contributed by atoms with Crippen LogP contribution >= 0.6 is 0 Å². The number of carbonyl (C=O) groups excluding carboxylic acids is 1. The summed E-state index contributed by atoms with van der Waals surface area (Å²) in [4.78, 5) is 11.9. The van der Waals surface area contributed by atoms with Gasteiger partial charge in [0.05, 0.1) is 0 Å². The highest BCUT2D eigenvalue weighted by Crippen LogP contribution is 2.27. The van der Waals surface area contributed by atoms with Crippen LogP contribution in [0.15, 0.2) is 0 Å². The molecule has 136 valence electrons. The zero-order valence-corrected chi connectivity index (χ0v) is 16.1. The second kappa shape index (κ2) is 9.51. The van der Waals surface area contributed by atoms with Gasteiger partial charge in [-0.1, -0.05) is 40.0 Å². The van der Waals surface area contributed by atoms with Crippen molar-refractivity contribution in [2.45, 2.75) is 97.8 Å². The van der Waals surface area contributed by atoms with Crippen molar-refractivity contribution >= 4 is 6.09 Å². The first-order chi connectivity index (χ1) is 10.7. The number of carbonyl (C=O) groups is 1. The Morgan fingerprint density at radius 1 is 1.22 bits per heavy atom. The monoisotopic (exact) mass is 326 g/mol. The summed E-state index contributed by atoms with van der Waals surface area (Å²) in [5.74, 6) is 1.39. The van der Waals surface area contributed by atoms with Crippen LogP contribution in [0.25, 0.3) is 0 Å². The molecule has 2 N–H and O–H groups in total. The second-order valence-corrected chi connectivity index (χ2v) is 8.44. The molecule has 23 heavy (non-hydrogen) atoms. The first-order valence-corrected chi connectivity index (χ1v) is 9.44. The molecule has 0 aromatic heterocycles. The Labute approximate surface area is 143 Å². The molecular formula is C19H38N2O2. The zero-order chi connectivity index (χ0) is 17.5. The number of alkyl carbamates (subject to hydrolysis) is 1. The molecule has 4 nitrogen and oxygen atoms in total. The van der Waals surface area contributed by atoms with Crippen LogP contribution in [0, 0.1) is 11.8 Å². The average molecular weight is 327 g/mol. The van der Waals surface area contributed by atoms with E-state index in [0.717, 1.165) is 12.3 Å². The standard InChI is InChI=1S/C19H38N2O2/c1-7-15-10-8-9-11-17(15)21-16(12-14(2)3)13-20-18(22)23-19(4,5)6/h14-17,21H,7-13H2,1-6H3,(H,20,22). The van der Waals surface area contributed by atoms with Crippen LogP contribution in [-0.4, -0.2) is 30.3 Å². The van der Waals surface area contributed by atoms with E-state index in [2.05, 4.69) is 31.4 Å². The van der Waals surface area contributed by atoms with E-state index in [1.54, 1.807) is 0 Å². The molecule has 1 rings (SSSR count). The highest BCUT2D eigenvalue weighted by atomic mass is 16.6. The molecule has 4 heteroatoms. The SMILES string of the molecule is CCC1CCCCC1NC(CNC(=O)OC(C)(C)C)CC(C)C. The fraction of sp³-hybridized carbons (Fsp3) is 0.947. The van der Waals surface area contributed by atoms with Crippen molar-refractivity contribution in [2.24, 2.45) is 11.8 Å². The summed E-state index contributed by atoms with van der Waals surface area (Å²) in [6.45, 7) is 13.1. The molecule has 3 unspecified atom stereocenters. The van der Waals surface area contributed by atoms with Crippen LogP contribution in [0.1, 0.15) is 80.1 Å². The minimum Gasteiger partial charge on any atom is -0.444 e. The van der Waals surface area contributed by atoms with E-state index in [0.29, 0.717) is 24.5 Å². The molecule has 0 aromatic rings. The molecule has 0 spiro atoms. The molecule has 0 bridgehead atoms. The first kappa shape index (κ1) is 20.3. The molecular weight excluding hydrogens is 288 g/mol. The number of hydrogen-bond donors (Lipinski definition) is 2. The lowest BCUT2D eigenvalue weighted by Crippen LogP contribution is -2.50. The topological polar surface area (TPSA) is 50.4 Å². The fourth-order valence-electron chi connectivity index (χ4n) is 3.52. The predicted molar refractivity (Wildman–Crippen MR) is 96.7 cm³/mol. The van der Waals surface area contributed by atoms with Crippen LogP contribution in [0.2, 0.25) is 0 Å². The number of hydrogen-bond acceptors (Lipinski definition) is 3. The molecule has 1 fully saturated rings. The van der Waals surface area contributed by atoms with E-state index in [9.17, 15) is 4.79 Å². The van der Waals surface area contributed by atoms with E-state index in [4.69, 9.17) is 4.74 Å². The van der Waals surface area contributed by atoms with Gasteiger partial charge in [-0.3, -0.25) is 0 Å². The lowest BCUT2D eigenvalue weighted by atomic mass is 9.82. The van der Waals surface area contributed by atoms with Gasteiger partial charge in [-0.15, -0.1) is 0 Å². The van der Waals surface area contributed by atoms with Crippen LogP contribution in [0.3, 0.4) is 0 Å². The second-order valence-electron chi connectivity index (χ2n) is 8.44. The minimum absolute atomic E-state index is 0.316. The van der Waals surface area contributed by atoms with Gasteiger partial charge in [0.25, 0.3) is 0 Å². The first-order valence-electron chi connectivity index (χ1n) is 9.44. The summed E-state index contributed by atoms with van der Waals surface area (Å²) < 4.78 is 5.35. The van der Waals surface area contributed by atoms with Gasteiger partial charge >= 0.3 is 6.09 Å². The molecule has 0 radical (unpaired) electrons. The highest BCUT2D eigenvalue weighted by Gasteiger charge is 2.26. The zero-order valence-electron chi connectivity index (χ0n) is 16.1. The lowest BCUT2D eigenvalue weighted by Gasteiger charge is -2.35. The maximum absolute atomic E-state index is 11.9. The van der Waals surface area contributed by atoms with E-state index in [-0.39, 0.29) is 6.09 Å². The summed E-state index contributed by atoms with van der Waals surface area (Å²) in [7, 11) is 0. The maximum atomic E-state index is 11.9. The normalized spacial score (nSPS) is 23.6. The van der Waals surface area contributed by atoms with Crippen LogP contribution in [-0.2, 0) is 4.74 Å². The molecule has 0 saturated heterocycles. The molecule has 1 aliphatic carbocycles. The third-order valence-electron chi connectivity index (χ3n) is 4.53. The van der Waals surface area contributed by atoms with E-state index in [1.807, 2.05) is 20.8 Å². The Morgan fingerprint density at radius 3 is 2.43 bits per heavy atom. The van der Waals surface area contributed by atoms with Crippen LogP contribution < -0.4 is 10.6 Å². The summed E-state index contributed by atoms with van der Waals surface area (Å²) in [5.41, 5.74) is -0.443. The van der Waals surface area contributed by atoms with Crippen molar-refractivity contribution in [1.29, 1.82) is 0 Å². The van der Waals surface area contributed by atoms with Gasteiger partial charge in [0.15, 0.2) is 0 Å². The van der Waals surface area contributed by atoms with Crippen molar-refractivity contribution in [3.63, 3.8) is 0 Å². The number of rotatable bonds is 7. The molecule has 0 heterocycles. The molecule has 1 saturated carbocycles. The van der Waals surface area contributed by atoms with E-state index >= 15 is 0 Å². The summed E-state index contributed by atoms with van der Waals surface area (Å²) >= 11 is 0. The Hall–Kier alpha value is -0.770. The quantitative estimate of drug-likeness (QED) is 0.725. The molecule has 3 atom stereocenters. The van der Waals surface area contributed by atoms with Gasteiger partial charge in [0, 0.05) is 18.6 Å². The van der Waals surface area contributed by atoms with Gasteiger partial charge in [-0.05, 0) is 51.9 Å². The van der Waals surface area contributed by atoms with Crippen molar-refractivity contribution in [3.05, 3.63) is 0 Å². The van der Waals surface area contributed by atoms with Gasteiger partial charge < -0.3 is 15.4 Å². The largest absolute Gasteiger partial charge is 0.444 e. The van der Waals surface area contributed by atoms with Gasteiger partial charge in [0.1, 0.15) is 5.60 Å². The lowest BCUT2D eigenvalue weighted by molar-refractivity contribution is 0.0518. The Balaban J connectivity index is 2.53. The minimum atomic E-state index is -0.443. The number of nitrogens with one attached hydrogen (secondary N) is 2. The maximum Gasteiger partial charge on any atom is 0.407 e. The van der Waals surface area contributed by atoms with Crippen molar-refractivity contribution in [1.82, 2.24) is 10.6 Å². The van der Waals surface area contributed by atoms with Crippen LogP contribution in [0.5, 0.6) is 0 Å². The summed E-state index contributed by atoms with van der Waals surface area (Å²) in [6, 6.07) is 0.914. The smallest absolute Gasteiger partial charge is 0.407 e. The van der Waals surface area contributed by atoms with Crippen molar-refractivity contribution < 1.29 is 9.53 Å². The molecule has 1 aliphatic rings.